The van der Waals surface area contributed by atoms with Crippen LogP contribution in [0.3, 0.4) is 0 Å². The Morgan fingerprint density at radius 2 is 1.76 bits per heavy atom. The largest absolute Gasteiger partial charge is 0.306 e. The van der Waals surface area contributed by atoms with Crippen LogP contribution >= 0.6 is 0 Å². The molecule has 3 heteroatoms. The minimum absolute atomic E-state index is 0.0225. The van der Waals surface area contributed by atoms with Gasteiger partial charge < -0.3 is 4.90 Å². The fourth-order valence-electron chi connectivity index (χ4n) is 2.87. The van der Waals surface area contributed by atoms with Crippen LogP contribution in [0, 0.1) is 0 Å². The summed E-state index contributed by atoms with van der Waals surface area (Å²) < 4.78 is 0. The van der Waals surface area contributed by atoms with E-state index in [4.69, 9.17) is 0 Å². The Bertz CT molecular complexity index is 841. The zero-order chi connectivity index (χ0) is 14.2. The summed E-state index contributed by atoms with van der Waals surface area (Å²) in [6, 6.07) is 19.7. The molecule has 21 heavy (non-hydrogen) atoms. The van der Waals surface area contributed by atoms with E-state index in [2.05, 4.69) is 11.1 Å². The maximum absolute atomic E-state index is 12.7. The van der Waals surface area contributed by atoms with Gasteiger partial charge in [0, 0.05) is 17.6 Å². The van der Waals surface area contributed by atoms with Crippen molar-refractivity contribution in [1.29, 1.82) is 0 Å². The zero-order valence-corrected chi connectivity index (χ0v) is 11.5. The third kappa shape index (κ3) is 1.98. The van der Waals surface area contributed by atoms with Gasteiger partial charge in [-0.05, 0) is 30.2 Å². The molecule has 0 fully saturated rings. The number of carbonyl (C=O) groups is 1. The van der Waals surface area contributed by atoms with Gasteiger partial charge in [-0.25, -0.2) is 4.98 Å². The first-order chi connectivity index (χ1) is 10.3. The molecule has 3 aromatic rings. The number of benzene rings is 2. The van der Waals surface area contributed by atoms with Gasteiger partial charge in [-0.15, -0.1) is 0 Å². The van der Waals surface area contributed by atoms with Crippen molar-refractivity contribution in [2.45, 2.75) is 6.42 Å². The molecule has 4 rings (SSSR count). The quantitative estimate of drug-likeness (QED) is 0.681. The number of carbonyl (C=O) groups excluding carboxylic acids is 1. The van der Waals surface area contributed by atoms with Crippen LogP contribution in [0.4, 0.5) is 5.69 Å². The topological polar surface area (TPSA) is 33.2 Å². The van der Waals surface area contributed by atoms with Gasteiger partial charge in [-0.2, -0.15) is 0 Å². The average molecular weight is 274 g/mol. The Morgan fingerprint density at radius 3 is 2.71 bits per heavy atom. The third-order valence-corrected chi connectivity index (χ3v) is 3.95. The fourth-order valence-corrected chi connectivity index (χ4v) is 2.87. The number of para-hydroxylation sites is 2. The van der Waals surface area contributed by atoms with Gasteiger partial charge in [0.15, 0.2) is 0 Å². The van der Waals surface area contributed by atoms with Crippen molar-refractivity contribution >= 4 is 22.5 Å². The Kier molecular flexibility index (Phi) is 2.71. The summed E-state index contributed by atoms with van der Waals surface area (Å²) in [5.41, 5.74) is 3.60. The van der Waals surface area contributed by atoms with Crippen LogP contribution in [-0.4, -0.2) is 17.4 Å². The summed E-state index contributed by atoms with van der Waals surface area (Å²) in [5, 5.41) is 1.05. The average Bonchev–Trinajstić information content (AvgIpc) is 2.98. The summed E-state index contributed by atoms with van der Waals surface area (Å²) in [7, 11) is 0. The highest BCUT2D eigenvalue weighted by Crippen LogP contribution is 2.28. The lowest BCUT2D eigenvalue weighted by Gasteiger charge is -2.16. The molecule has 0 radical (unpaired) electrons. The van der Waals surface area contributed by atoms with Gasteiger partial charge in [-0.3, -0.25) is 4.79 Å². The Hall–Kier alpha value is -2.68. The molecule has 0 saturated heterocycles. The van der Waals surface area contributed by atoms with Gasteiger partial charge in [0.05, 0.1) is 5.52 Å². The molecule has 1 amide bonds. The first-order valence-corrected chi connectivity index (χ1v) is 7.08. The number of rotatable bonds is 1. The van der Waals surface area contributed by atoms with Crippen LogP contribution in [0.2, 0.25) is 0 Å². The third-order valence-electron chi connectivity index (χ3n) is 3.95. The van der Waals surface area contributed by atoms with Gasteiger partial charge in [-0.1, -0.05) is 42.5 Å². The van der Waals surface area contributed by atoms with E-state index < -0.39 is 0 Å². The molecule has 0 aliphatic carbocycles. The van der Waals surface area contributed by atoms with Gasteiger partial charge in [0.1, 0.15) is 5.69 Å². The summed E-state index contributed by atoms with van der Waals surface area (Å²) in [6.45, 7) is 0.729. The van der Waals surface area contributed by atoms with E-state index in [1.807, 2.05) is 59.5 Å². The molecule has 0 bridgehead atoms. The lowest BCUT2D eigenvalue weighted by atomic mass is 10.1. The molecular formula is C18H14N2O. The minimum Gasteiger partial charge on any atom is -0.306 e. The van der Waals surface area contributed by atoms with E-state index in [0.29, 0.717) is 5.69 Å². The molecule has 102 valence electrons. The number of pyridine rings is 1. The molecule has 0 spiro atoms. The van der Waals surface area contributed by atoms with Crippen molar-refractivity contribution in [2.75, 3.05) is 11.4 Å². The van der Waals surface area contributed by atoms with Crippen molar-refractivity contribution < 1.29 is 4.79 Å². The van der Waals surface area contributed by atoms with E-state index in [-0.39, 0.29) is 5.91 Å². The molecule has 0 atom stereocenters. The first kappa shape index (κ1) is 12.1. The molecule has 0 unspecified atom stereocenters. The maximum atomic E-state index is 12.7. The number of fused-ring (bicyclic) bond motifs is 2. The molecule has 2 aromatic carbocycles. The standard InChI is InChI=1S/C18H14N2O/c21-18(20-12-11-14-6-2-4-8-17(14)20)16-10-9-13-5-1-3-7-15(13)19-16/h1-10H,11-12H2. The number of nitrogens with zero attached hydrogens (tertiary/aromatic N) is 2. The predicted octanol–water partition coefficient (Wildman–Crippen LogP) is 3.44. The number of hydrogen-bond donors (Lipinski definition) is 0. The molecule has 1 aliphatic heterocycles. The second-order valence-corrected chi connectivity index (χ2v) is 5.22. The molecular weight excluding hydrogens is 260 g/mol. The van der Waals surface area contributed by atoms with Crippen molar-refractivity contribution in [1.82, 2.24) is 4.98 Å². The second-order valence-electron chi connectivity index (χ2n) is 5.22. The van der Waals surface area contributed by atoms with E-state index in [0.717, 1.165) is 29.6 Å². The molecule has 2 heterocycles. The van der Waals surface area contributed by atoms with Crippen LogP contribution in [0.5, 0.6) is 0 Å². The minimum atomic E-state index is -0.0225. The van der Waals surface area contributed by atoms with Crippen LogP contribution in [0.25, 0.3) is 10.9 Å². The van der Waals surface area contributed by atoms with Gasteiger partial charge >= 0.3 is 0 Å². The molecule has 0 N–H and O–H groups in total. The normalized spacial score (nSPS) is 13.4. The van der Waals surface area contributed by atoms with Crippen LogP contribution in [0.15, 0.2) is 60.7 Å². The van der Waals surface area contributed by atoms with Gasteiger partial charge in [0.25, 0.3) is 5.91 Å². The van der Waals surface area contributed by atoms with E-state index in [9.17, 15) is 4.79 Å². The Labute approximate surface area is 122 Å². The highest BCUT2D eigenvalue weighted by atomic mass is 16.2. The zero-order valence-electron chi connectivity index (χ0n) is 11.5. The first-order valence-electron chi connectivity index (χ1n) is 7.08. The monoisotopic (exact) mass is 274 g/mol. The number of amides is 1. The number of hydrogen-bond acceptors (Lipinski definition) is 2. The van der Waals surface area contributed by atoms with Crippen molar-refractivity contribution in [3.63, 3.8) is 0 Å². The van der Waals surface area contributed by atoms with Crippen LogP contribution in [-0.2, 0) is 6.42 Å². The number of anilines is 1. The summed E-state index contributed by atoms with van der Waals surface area (Å²) in [4.78, 5) is 19.0. The molecule has 1 aliphatic rings. The maximum Gasteiger partial charge on any atom is 0.276 e. The highest BCUT2D eigenvalue weighted by molar-refractivity contribution is 6.07. The molecule has 1 aromatic heterocycles. The van der Waals surface area contributed by atoms with Crippen molar-refractivity contribution in [2.24, 2.45) is 0 Å². The van der Waals surface area contributed by atoms with E-state index >= 15 is 0 Å². The second kappa shape index (κ2) is 4.70. The lowest BCUT2D eigenvalue weighted by Crippen LogP contribution is -2.29. The summed E-state index contributed by atoms with van der Waals surface area (Å²) in [5.74, 6) is -0.0225. The van der Waals surface area contributed by atoms with Crippen molar-refractivity contribution in [3.05, 3.63) is 71.9 Å². The number of aromatic nitrogens is 1. The Morgan fingerprint density at radius 1 is 0.952 bits per heavy atom. The summed E-state index contributed by atoms with van der Waals surface area (Å²) >= 11 is 0. The van der Waals surface area contributed by atoms with Crippen molar-refractivity contribution in [3.8, 4) is 0 Å². The molecule has 0 saturated carbocycles. The van der Waals surface area contributed by atoms with E-state index in [1.165, 1.54) is 5.56 Å². The fraction of sp³-hybridized carbons (Fsp3) is 0.111. The smallest absolute Gasteiger partial charge is 0.276 e. The SMILES string of the molecule is O=C(c1ccc2ccccc2n1)N1CCc2ccccc21. The summed E-state index contributed by atoms with van der Waals surface area (Å²) in [6.07, 6.45) is 0.912. The van der Waals surface area contributed by atoms with Crippen LogP contribution in [0.1, 0.15) is 16.1 Å². The van der Waals surface area contributed by atoms with E-state index in [1.54, 1.807) is 0 Å². The van der Waals surface area contributed by atoms with Gasteiger partial charge in [0.2, 0.25) is 0 Å². The highest BCUT2D eigenvalue weighted by Gasteiger charge is 2.25. The lowest BCUT2D eigenvalue weighted by molar-refractivity contribution is 0.0985. The van der Waals surface area contributed by atoms with Crippen LogP contribution < -0.4 is 4.90 Å². The Balaban J connectivity index is 1.74. The predicted molar refractivity (Wildman–Crippen MR) is 83.6 cm³/mol. The molecule has 3 nitrogen and oxygen atoms in total.